The van der Waals surface area contributed by atoms with Crippen LogP contribution >= 0.6 is 0 Å². The molecule has 0 aromatic rings. The van der Waals surface area contributed by atoms with Crippen molar-refractivity contribution in [1.29, 1.82) is 0 Å². The van der Waals surface area contributed by atoms with Crippen LogP contribution in [0.25, 0.3) is 0 Å². The van der Waals surface area contributed by atoms with Crippen molar-refractivity contribution >= 4 is 0 Å². The molecule has 2 heterocycles. The zero-order valence-corrected chi connectivity index (χ0v) is 10.4. The number of nitrogens with one attached hydrogen (secondary N) is 1. The van der Waals surface area contributed by atoms with E-state index < -0.39 is 0 Å². The maximum atomic E-state index is 3.43. The highest BCUT2D eigenvalue weighted by Gasteiger charge is 2.39. The largest absolute Gasteiger partial charge is 0.314 e. The third kappa shape index (κ3) is 2.35. The molecule has 3 heteroatoms. The van der Waals surface area contributed by atoms with Gasteiger partial charge in [0.05, 0.1) is 0 Å². The number of rotatable bonds is 2. The molecule has 2 saturated heterocycles. The van der Waals surface area contributed by atoms with E-state index >= 15 is 0 Å². The summed E-state index contributed by atoms with van der Waals surface area (Å²) in [6.45, 7) is 14.3. The molecule has 0 bridgehead atoms. The molecule has 3 nitrogen and oxygen atoms in total. The van der Waals surface area contributed by atoms with Crippen molar-refractivity contribution < 1.29 is 0 Å². The second-order valence-electron chi connectivity index (χ2n) is 5.49. The summed E-state index contributed by atoms with van der Waals surface area (Å²) < 4.78 is 0. The fourth-order valence-corrected chi connectivity index (χ4v) is 3.12. The van der Waals surface area contributed by atoms with Crippen molar-refractivity contribution in [1.82, 2.24) is 15.1 Å². The van der Waals surface area contributed by atoms with E-state index in [1.54, 1.807) is 0 Å². The van der Waals surface area contributed by atoms with Gasteiger partial charge in [-0.1, -0.05) is 6.92 Å². The third-order valence-electron chi connectivity index (χ3n) is 4.07. The summed E-state index contributed by atoms with van der Waals surface area (Å²) in [6, 6.07) is 0.794. The van der Waals surface area contributed by atoms with Gasteiger partial charge in [0.15, 0.2) is 0 Å². The van der Waals surface area contributed by atoms with Crippen LogP contribution in [0.15, 0.2) is 0 Å². The molecule has 0 spiro atoms. The Morgan fingerprint density at radius 1 is 1.27 bits per heavy atom. The van der Waals surface area contributed by atoms with Crippen LogP contribution < -0.4 is 5.32 Å². The first-order valence-electron chi connectivity index (χ1n) is 6.33. The highest BCUT2D eigenvalue weighted by atomic mass is 15.3. The quantitative estimate of drug-likeness (QED) is 0.728. The second kappa shape index (κ2) is 4.40. The zero-order valence-electron chi connectivity index (χ0n) is 10.4. The van der Waals surface area contributed by atoms with E-state index in [-0.39, 0.29) is 0 Å². The van der Waals surface area contributed by atoms with Crippen LogP contribution in [0.3, 0.4) is 0 Å². The maximum absolute atomic E-state index is 3.43. The van der Waals surface area contributed by atoms with Crippen molar-refractivity contribution in [3.63, 3.8) is 0 Å². The SMILES string of the molecule is CCN1CC(N2CCNCC2)CC1(C)C. The van der Waals surface area contributed by atoms with Gasteiger partial charge in [-0.15, -0.1) is 0 Å². The fourth-order valence-electron chi connectivity index (χ4n) is 3.12. The minimum absolute atomic E-state index is 0.407. The highest BCUT2D eigenvalue weighted by Crippen LogP contribution is 2.30. The van der Waals surface area contributed by atoms with Gasteiger partial charge in [-0.25, -0.2) is 0 Å². The second-order valence-corrected chi connectivity index (χ2v) is 5.49. The van der Waals surface area contributed by atoms with Crippen LogP contribution in [0.5, 0.6) is 0 Å². The molecule has 0 aromatic carbocycles. The van der Waals surface area contributed by atoms with E-state index in [1.807, 2.05) is 0 Å². The third-order valence-corrected chi connectivity index (χ3v) is 4.07. The number of hydrogen-bond acceptors (Lipinski definition) is 3. The summed E-state index contributed by atoms with van der Waals surface area (Å²) in [4.78, 5) is 5.30. The van der Waals surface area contributed by atoms with Crippen molar-refractivity contribution in [3.05, 3.63) is 0 Å². The number of hydrogen-bond donors (Lipinski definition) is 1. The Balaban J connectivity index is 1.95. The van der Waals surface area contributed by atoms with E-state index in [0.29, 0.717) is 5.54 Å². The van der Waals surface area contributed by atoms with Gasteiger partial charge in [-0.3, -0.25) is 9.80 Å². The molecule has 0 radical (unpaired) electrons. The van der Waals surface area contributed by atoms with Crippen LogP contribution in [0.2, 0.25) is 0 Å². The van der Waals surface area contributed by atoms with E-state index in [9.17, 15) is 0 Å². The van der Waals surface area contributed by atoms with E-state index in [1.165, 1.54) is 45.7 Å². The van der Waals surface area contributed by atoms with E-state index in [0.717, 1.165) is 6.04 Å². The van der Waals surface area contributed by atoms with Gasteiger partial charge in [0.25, 0.3) is 0 Å². The van der Waals surface area contributed by atoms with Gasteiger partial charge in [0.2, 0.25) is 0 Å². The van der Waals surface area contributed by atoms with Crippen LogP contribution in [0.1, 0.15) is 27.2 Å². The summed E-state index contributed by atoms with van der Waals surface area (Å²) in [7, 11) is 0. The number of nitrogens with zero attached hydrogens (tertiary/aromatic N) is 2. The average Bonchev–Trinajstić information content (AvgIpc) is 2.55. The summed E-state index contributed by atoms with van der Waals surface area (Å²) in [5, 5.41) is 3.43. The molecule has 2 aliphatic heterocycles. The standard InChI is InChI=1S/C12H25N3/c1-4-15-10-11(9-12(15,2)3)14-7-5-13-6-8-14/h11,13H,4-10H2,1-3H3. The lowest BCUT2D eigenvalue weighted by molar-refractivity contribution is 0.168. The zero-order chi connectivity index (χ0) is 10.9. The molecule has 1 N–H and O–H groups in total. The first kappa shape index (κ1) is 11.4. The number of likely N-dealkylation sites (N-methyl/N-ethyl adjacent to an activating group) is 1. The molecule has 2 rings (SSSR count). The summed E-state index contributed by atoms with van der Waals surface area (Å²) in [6.07, 6.45) is 1.33. The average molecular weight is 211 g/mol. The van der Waals surface area contributed by atoms with Gasteiger partial charge in [-0.2, -0.15) is 0 Å². The van der Waals surface area contributed by atoms with E-state index in [4.69, 9.17) is 0 Å². The lowest BCUT2D eigenvalue weighted by atomic mass is 9.99. The molecule has 0 aromatic heterocycles. The van der Waals surface area contributed by atoms with E-state index in [2.05, 4.69) is 35.9 Å². The van der Waals surface area contributed by atoms with Gasteiger partial charge < -0.3 is 5.32 Å². The van der Waals surface area contributed by atoms with Crippen molar-refractivity contribution in [2.45, 2.75) is 38.8 Å². The fraction of sp³-hybridized carbons (Fsp3) is 1.00. The van der Waals surface area contributed by atoms with Crippen molar-refractivity contribution in [2.75, 3.05) is 39.3 Å². The molecular weight excluding hydrogens is 186 g/mol. The normalized spacial score (nSPS) is 33.4. The van der Waals surface area contributed by atoms with Crippen LogP contribution in [-0.4, -0.2) is 60.6 Å². The highest BCUT2D eigenvalue weighted by molar-refractivity contribution is 4.97. The molecular formula is C12H25N3. The molecule has 88 valence electrons. The maximum Gasteiger partial charge on any atom is 0.0241 e. The molecule has 2 aliphatic rings. The van der Waals surface area contributed by atoms with Gasteiger partial charge in [0.1, 0.15) is 0 Å². The molecule has 0 saturated carbocycles. The molecule has 0 aliphatic carbocycles. The molecule has 1 atom stereocenters. The smallest absolute Gasteiger partial charge is 0.0241 e. The molecule has 1 unspecified atom stereocenters. The van der Waals surface area contributed by atoms with Gasteiger partial charge in [-0.05, 0) is 26.8 Å². The Morgan fingerprint density at radius 2 is 1.93 bits per heavy atom. The summed E-state index contributed by atoms with van der Waals surface area (Å²) in [5.41, 5.74) is 0.407. The van der Waals surface area contributed by atoms with Crippen molar-refractivity contribution in [3.8, 4) is 0 Å². The Kier molecular flexibility index (Phi) is 3.33. The van der Waals surface area contributed by atoms with Gasteiger partial charge >= 0.3 is 0 Å². The number of piperazine rings is 1. The minimum atomic E-state index is 0.407. The van der Waals surface area contributed by atoms with Crippen LogP contribution in [0.4, 0.5) is 0 Å². The Labute approximate surface area is 93.8 Å². The molecule has 2 fully saturated rings. The Morgan fingerprint density at radius 3 is 2.47 bits per heavy atom. The molecule has 15 heavy (non-hydrogen) atoms. The predicted octanol–water partition coefficient (Wildman–Crippen LogP) is 0.764. The van der Waals surface area contributed by atoms with Crippen molar-refractivity contribution in [2.24, 2.45) is 0 Å². The Hall–Kier alpha value is -0.120. The first-order valence-corrected chi connectivity index (χ1v) is 6.33. The first-order chi connectivity index (χ1) is 7.13. The van der Waals surface area contributed by atoms with Crippen LogP contribution in [0, 0.1) is 0 Å². The predicted molar refractivity (Wildman–Crippen MR) is 64.2 cm³/mol. The Bertz CT molecular complexity index is 209. The lowest BCUT2D eigenvalue weighted by Crippen LogP contribution is -2.49. The lowest BCUT2D eigenvalue weighted by Gasteiger charge is -2.32. The van der Waals surface area contributed by atoms with Gasteiger partial charge in [0, 0.05) is 44.3 Å². The van der Waals surface area contributed by atoms with Crippen LogP contribution in [-0.2, 0) is 0 Å². The summed E-state index contributed by atoms with van der Waals surface area (Å²) in [5.74, 6) is 0. The topological polar surface area (TPSA) is 18.5 Å². The minimum Gasteiger partial charge on any atom is -0.314 e. The summed E-state index contributed by atoms with van der Waals surface area (Å²) >= 11 is 0. The number of likely N-dealkylation sites (tertiary alicyclic amines) is 1. The molecule has 0 amide bonds. The monoisotopic (exact) mass is 211 g/mol.